The van der Waals surface area contributed by atoms with Gasteiger partial charge >= 0.3 is 0 Å². The van der Waals surface area contributed by atoms with E-state index in [9.17, 15) is 13.2 Å². The van der Waals surface area contributed by atoms with Crippen LogP contribution in [0.15, 0.2) is 35.2 Å². The fourth-order valence-corrected chi connectivity index (χ4v) is 2.40. The highest BCUT2D eigenvalue weighted by Gasteiger charge is 2.22. The molecule has 1 amide bonds. The number of benzene rings is 1. The quantitative estimate of drug-likeness (QED) is 0.801. The molecule has 0 saturated carbocycles. The summed E-state index contributed by atoms with van der Waals surface area (Å²) in [6.07, 6.45) is 0.507. The minimum atomic E-state index is -3.78. The van der Waals surface area contributed by atoms with Crippen LogP contribution in [0.5, 0.6) is 0 Å². The SMILES string of the molecule is CCC(CN)C(=O)NS(=O)(=O)c1ccccc1. The maximum Gasteiger partial charge on any atom is 0.264 e. The summed E-state index contributed by atoms with van der Waals surface area (Å²) in [6.45, 7) is 1.92. The number of rotatable bonds is 5. The summed E-state index contributed by atoms with van der Waals surface area (Å²) < 4.78 is 25.6. The number of amides is 1. The van der Waals surface area contributed by atoms with E-state index in [2.05, 4.69) is 0 Å². The van der Waals surface area contributed by atoms with Crippen LogP contribution in [0.3, 0.4) is 0 Å². The molecule has 1 rings (SSSR count). The Hall–Kier alpha value is -1.40. The average Bonchev–Trinajstić information content (AvgIpc) is 2.31. The molecule has 17 heavy (non-hydrogen) atoms. The number of nitrogens with two attached hydrogens (primary N) is 1. The minimum Gasteiger partial charge on any atom is -0.330 e. The molecule has 0 bridgehead atoms. The molecule has 6 heteroatoms. The monoisotopic (exact) mass is 256 g/mol. The molecule has 1 atom stereocenters. The highest BCUT2D eigenvalue weighted by atomic mass is 32.2. The van der Waals surface area contributed by atoms with E-state index >= 15 is 0 Å². The van der Waals surface area contributed by atoms with Crippen molar-refractivity contribution in [3.8, 4) is 0 Å². The third kappa shape index (κ3) is 3.54. The van der Waals surface area contributed by atoms with Gasteiger partial charge < -0.3 is 5.73 Å². The van der Waals surface area contributed by atoms with Gasteiger partial charge in [-0.25, -0.2) is 13.1 Å². The first-order chi connectivity index (χ1) is 8.01. The molecule has 1 unspecified atom stereocenters. The van der Waals surface area contributed by atoms with E-state index in [1.807, 2.05) is 4.72 Å². The fourth-order valence-electron chi connectivity index (χ4n) is 1.33. The van der Waals surface area contributed by atoms with Gasteiger partial charge in [-0.3, -0.25) is 4.79 Å². The molecular formula is C11H16N2O3S. The van der Waals surface area contributed by atoms with E-state index in [4.69, 9.17) is 5.73 Å². The van der Waals surface area contributed by atoms with Crippen molar-refractivity contribution in [2.75, 3.05) is 6.54 Å². The first-order valence-electron chi connectivity index (χ1n) is 5.33. The maximum absolute atomic E-state index is 11.8. The van der Waals surface area contributed by atoms with Gasteiger partial charge in [0.15, 0.2) is 0 Å². The standard InChI is InChI=1S/C11H16N2O3S/c1-2-9(8-12)11(14)13-17(15,16)10-6-4-3-5-7-10/h3-7,9H,2,8,12H2,1H3,(H,13,14). The van der Waals surface area contributed by atoms with Crippen LogP contribution in [-0.2, 0) is 14.8 Å². The van der Waals surface area contributed by atoms with Crippen LogP contribution in [0.25, 0.3) is 0 Å². The van der Waals surface area contributed by atoms with Crippen LogP contribution in [0.4, 0.5) is 0 Å². The third-order valence-electron chi connectivity index (χ3n) is 2.44. The van der Waals surface area contributed by atoms with E-state index in [0.717, 1.165) is 0 Å². The lowest BCUT2D eigenvalue weighted by molar-refractivity contribution is -0.122. The second-order valence-electron chi connectivity index (χ2n) is 3.62. The molecule has 0 heterocycles. The Morgan fingerprint density at radius 2 is 1.94 bits per heavy atom. The first kappa shape index (κ1) is 13.7. The molecule has 1 aromatic rings. The largest absolute Gasteiger partial charge is 0.330 e. The van der Waals surface area contributed by atoms with Crippen molar-refractivity contribution in [1.29, 1.82) is 0 Å². The Kier molecular flexibility index (Phi) is 4.65. The highest BCUT2D eigenvalue weighted by Crippen LogP contribution is 2.09. The number of nitrogens with one attached hydrogen (secondary N) is 1. The van der Waals surface area contributed by atoms with Crippen molar-refractivity contribution in [2.45, 2.75) is 18.2 Å². The molecule has 0 aromatic heterocycles. The van der Waals surface area contributed by atoms with E-state index in [-0.39, 0.29) is 11.4 Å². The maximum atomic E-state index is 11.8. The lowest BCUT2D eigenvalue weighted by Gasteiger charge is -2.12. The van der Waals surface area contributed by atoms with Gasteiger partial charge in [-0.2, -0.15) is 0 Å². The first-order valence-corrected chi connectivity index (χ1v) is 6.81. The zero-order valence-electron chi connectivity index (χ0n) is 9.59. The second kappa shape index (κ2) is 5.79. The molecule has 0 radical (unpaired) electrons. The number of carbonyl (C=O) groups excluding carboxylic acids is 1. The molecule has 0 aliphatic heterocycles. The zero-order chi connectivity index (χ0) is 12.9. The van der Waals surface area contributed by atoms with E-state index in [1.165, 1.54) is 12.1 Å². The van der Waals surface area contributed by atoms with Crippen LogP contribution in [0.2, 0.25) is 0 Å². The van der Waals surface area contributed by atoms with Crippen molar-refractivity contribution in [1.82, 2.24) is 4.72 Å². The summed E-state index contributed by atoms with van der Waals surface area (Å²) in [5, 5.41) is 0. The second-order valence-corrected chi connectivity index (χ2v) is 5.31. The lowest BCUT2D eigenvalue weighted by Crippen LogP contribution is -2.38. The molecule has 94 valence electrons. The van der Waals surface area contributed by atoms with Gasteiger partial charge in [-0.1, -0.05) is 25.1 Å². The number of carbonyl (C=O) groups is 1. The highest BCUT2D eigenvalue weighted by molar-refractivity contribution is 7.90. The number of hydrogen-bond donors (Lipinski definition) is 2. The summed E-state index contributed by atoms with van der Waals surface area (Å²) >= 11 is 0. The Labute approximate surface area is 101 Å². The smallest absolute Gasteiger partial charge is 0.264 e. The molecule has 0 fully saturated rings. The van der Waals surface area contributed by atoms with Gasteiger partial charge in [-0.15, -0.1) is 0 Å². The van der Waals surface area contributed by atoms with Gasteiger partial charge in [0.1, 0.15) is 0 Å². The minimum absolute atomic E-state index is 0.0697. The van der Waals surface area contributed by atoms with Crippen LogP contribution in [-0.4, -0.2) is 20.9 Å². The van der Waals surface area contributed by atoms with Crippen molar-refractivity contribution < 1.29 is 13.2 Å². The molecule has 0 saturated heterocycles. The van der Waals surface area contributed by atoms with E-state index in [1.54, 1.807) is 25.1 Å². The Bertz CT molecular complexity index is 467. The van der Waals surface area contributed by atoms with Gasteiger partial charge in [0, 0.05) is 6.54 Å². The zero-order valence-corrected chi connectivity index (χ0v) is 10.4. The predicted octanol–water partition coefficient (Wildman–Crippen LogP) is 0.476. The van der Waals surface area contributed by atoms with Crippen LogP contribution in [0.1, 0.15) is 13.3 Å². The summed E-state index contributed by atoms with van der Waals surface area (Å²) in [5.41, 5.74) is 5.39. The van der Waals surface area contributed by atoms with Crippen LogP contribution < -0.4 is 10.5 Å². The average molecular weight is 256 g/mol. The Morgan fingerprint density at radius 3 is 2.41 bits per heavy atom. The molecule has 3 N–H and O–H groups in total. The van der Waals surface area contributed by atoms with Gasteiger partial charge in [-0.05, 0) is 18.6 Å². The summed E-state index contributed by atoms with van der Waals surface area (Å²) in [7, 11) is -3.78. The normalized spacial score (nSPS) is 13.1. The summed E-state index contributed by atoms with van der Waals surface area (Å²) in [4.78, 5) is 11.7. The molecule has 0 aliphatic carbocycles. The summed E-state index contributed by atoms with van der Waals surface area (Å²) in [5.74, 6) is -1.03. The fraction of sp³-hybridized carbons (Fsp3) is 0.364. The Morgan fingerprint density at radius 1 is 1.35 bits per heavy atom. The molecule has 1 aromatic carbocycles. The van der Waals surface area contributed by atoms with Gasteiger partial charge in [0.25, 0.3) is 10.0 Å². The Balaban J connectivity index is 2.85. The van der Waals surface area contributed by atoms with Crippen LogP contribution >= 0.6 is 0 Å². The van der Waals surface area contributed by atoms with Crippen molar-refractivity contribution in [3.63, 3.8) is 0 Å². The van der Waals surface area contributed by atoms with E-state index in [0.29, 0.717) is 6.42 Å². The van der Waals surface area contributed by atoms with E-state index < -0.39 is 21.8 Å². The van der Waals surface area contributed by atoms with Crippen molar-refractivity contribution in [2.24, 2.45) is 11.7 Å². The molecular weight excluding hydrogens is 240 g/mol. The van der Waals surface area contributed by atoms with Gasteiger partial charge in [0.05, 0.1) is 10.8 Å². The summed E-state index contributed by atoms with van der Waals surface area (Å²) in [6, 6.07) is 7.76. The van der Waals surface area contributed by atoms with Gasteiger partial charge in [0.2, 0.25) is 5.91 Å². The van der Waals surface area contributed by atoms with Crippen molar-refractivity contribution in [3.05, 3.63) is 30.3 Å². The number of sulfonamides is 1. The molecule has 5 nitrogen and oxygen atoms in total. The topological polar surface area (TPSA) is 89.3 Å². The van der Waals surface area contributed by atoms with Crippen LogP contribution in [0, 0.1) is 5.92 Å². The third-order valence-corrected chi connectivity index (χ3v) is 3.80. The molecule has 0 spiro atoms. The number of hydrogen-bond acceptors (Lipinski definition) is 4. The lowest BCUT2D eigenvalue weighted by atomic mass is 10.1. The van der Waals surface area contributed by atoms with Crippen molar-refractivity contribution >= 4 is 15.9 Å². The predicted molar refractivity (Wildman–Crippen MR) is 64.6 cm³/mol. The molecule has 0 aliphatic rings.